The highest BCUT2D eigenvalue weighted by Gasteiger charge is 2.33. The van der Waals surface area contributed by atoms with E-state index in [0.717, 1.165) is 40.1 Å². The Morgan fingerprint density at radius 2 is 1.86 bits per heavy atom. The van der Waals surface area contributed by atoms with Gasteiger partial charge in [0.2, 0.25) is 0 Å². The summed E-state index contributed by atoms with van der Waals surface area (Å²) in [5.41, 5.74) is 3.36. The molecule has 0 saturated carbocycles. The first-order valence-corrected chi connectivity index (χ1v) is 14.1. The van der Waals surface area contributed by atoms with Crippen molar-refractivity contribution in [1.82, 2.24) is 0 Å². The zero-order valence-corrected chi connectivity index (χ0v) is 24.4. The van der Waals surface area contributed by atoms with E-state index >= 15 is 0 Å². The minimum Gasteiger partial charge on any atom is -0.488 e. The van der Waals surface area contributed by atoms with Crippen molar-refractivity contribution in [2.45, 2.75) is 20.5 Å². The molecule has 0 aromatic heterocycles. The lowest BCUT2D eigenvalue weighted by Gasteiger charge is -2.22. The molecule has 9 heteroatoms. The van der Waals surface area contributed by atoms with Gasteiger partial charge in [-0.2, -0.15) is 0 Å². The minimum atomic E-state index is -0.164. The van der Waals surface area contributed by atoms with Crippen LogP contribution < -0.4 is 14.5 Å². The van der Waals surface area contributed by atoms with Crippen LogP contribution in [0.5, 0.6) is 5.75 Å². The summed E-state index contributed by atoms with van der Waals surface area (Å²) in [5.74, 6) is 0.487. The van der Waals surface area contributed by atoms with E-state index < -0.39 is 0 Å². The molecule has 0 spiro atoms. The quantitative estimate of drug-likeness (QED) is 0.186. The van der Waals surface area contributed by atoms with Crippen molar-refractivity contribution in [1.29, 1.82) is 0 Å². The molecule has 3 aromatic carbocycles. The Morgan fingerprint density at radius 1 is 1.08 bits per heavy atom. The lowest BCUT2D eigenvalue weighted by Crippen LogP contribution is -2.27. The predicted molar refractivity (Wildman–Crippen MR) is 161 cm³/mol. The number of nitrogens with zero attached hydrogens (tertiary/aromatic N) is 2. The van der Waals surface area contributed by atoms with Crippen molar-refractivity contribution in [2.24, 2.45) is 0 Å². The number of benzene rings is 3. The second kappa shape index (κ2) is 12.0. The highest BCUT2D eigenvalue weighted by molar-refractivity contribution is 9.10. The zero-order chi connectivity index (χ0) is 25.8. The number of ether oxygens (including phenoxy) is 1. The van der Waals surface area contributed by atoms with Gasteiger partial charge in [-0.25, -0.2) is 0 Å². The van der Waals surface area contributed by atoms with Crippen LogP contribution in [0.25, 0.3) is 6.08 Å². The van der Waals surface area contributed by atoms with Crippen LogP contribution in [-0.2, 0) is 11.4 Å². The summed E-state index contributed by atoms with van der Waals surface area (Å²) in [6, 6.07) is 18.9. The molecule has 0 unspecified atom stereocenters. The van der Waals surface area contributed by atoms with E-state index in [1.54, 1.807) is 17.0 Å². The third-order valence-electron chi connectivity index (χ3n) is 5.67. The van der Waals surface area contributed by atoms with Crippen molar-refractivity contribution in [2.75, 3.05) is 22.9 Å². The van der Waals surface area contributed by atoms with Gasteiger partial charge in [0.05, 0.1) is 10.6 Å². The molecule has 1 heterocycles. The molecule has 0 bridgehead atoms. The minimum absolute atomic E-state index is 0.164. The Labute approximate surface area is 239 Å². The van der Waals surface area contributed by atoms with Crippen LogP contribution in [0.1, 0.15) is 25.0 Å². The van der Waals surface area contributed by atoms with Crippen LogP contribution in [0.15, 0.2) is 70.0 Å². The molecule has 4 rings (SSSR count). The number of hydrogen-bond donors (Lipinski definition) is 0. The summed E-state index contributed by atoms with van der Waals surface area (Å²) < 4.78 is 7.61. The average Bonchev–Trinajstić information content (AvgIpc) is 3.13. The number of hydrogen-bond acceptors (Lipinski definition) is 5. The molecule has 0 radical (unpaired) electrons. The fraction of sp³-hybridized carbons (Fsp3) is 0.185. The van der Waals surface area contributed by atoms with Gasteiger partial charge in [0.1, 0.15) is 12.4 Å². The zero-order valence-electron chi connectivity index (χ0n) is 19.6. The molecule has 1 amide bonds. The normalized spacial score (nSPS) is 14.6. The maximum atomic E-state index is 13.3. The smallest absolute Gasteiger partial charge is 0.270 e. The summed E-state index contributed by atoms with van der Waals surface area (Å²) in [4.78, 5) is 17.6. The number of thiocarbonyl (C=S) groups is 1. The maximum absolute atomic E-state index is 13.3. The van der Waals surface area contributed by atoms with Gasteiger partial charge >= 0.3 is 0 Å². The SMILES string of the molecule is CCN(CC)c1ccc(/C=C2/SC(=S)N(c3cccc(Br)c3)C2=O)c(OCc2ccc(Cl)cc2Cl)c1. The van der Waals surface area contributed by atoms with Gasteiger partial charge in [0.25, 0.3) is 5.91 Å². The largest absolute Gasteiger partial charge is 0.488 e. The van der Waals surface area contributed by atoms with Crippen molar-refractivity contribution >= 4 is 90.8 Å². The molecule has 186 valence electrons. The van der Waals surface area contributed by atoms with Crippen LogP contribution in [0, 0.1) is 0 Å². The number of amides is 1. The van der Waals surface area contributed by atoms with Crippen LogP contribution in [-0.4, -0.2) is 23.3 Å². The Bertz CT molecular complexity index is 1350. The first kappa shape index (κ1) is 27.0. The molecule has 1 aliphatic heterocycles. The van der Waals surface area contributed by atoms with Crippen LogP contribution in [0.2, 0.25) is 10.0 Å². The molecule has 1 fully saturated rings. The lowest BCUT2D eigenvalue weighted by molar-refractivity contribution is -0.113. The first-order valence-electron chi connectivity index (χ1n) is 11.3. The van der Waals surface area contributed by atoms with E-state index in [4.69, 9.17) is 40.2 Å². The predicted octanol–water partition coefficient (Wildman–Crippen LogP) is 8.59. The number of halogens is 3. The van der Waals surface area contributed by atoms with E-state index in [1.165, 1.54) is 11.8 Å². The maximum Gasteiger partial charge on any atom is 0.270 e. The molecular formula is C27H23BrCl2N2O2S2. The summed E-state index contributed by atoms with van der Waals surface area (Å²) in [5, 5.41) is 1.11. The van der Waals surface area contributed by atoms with Crippen molar-refractivity contribution in [3.8, 4) is 5.75 Å². The average molecular weight is 622 g/mol. The fourth-order valence-corrected chi connectivity index (χ4v) is 5.93. The van der Waals surface area contributed by atoms with E-state index in [0.29, 0.717) is 25.0 Å². The molecule has 0 aliphatic carbocycles. The van der Waals surface area contributed by atoms with Crippen molar-refractivity contribution in [3.05, 3.63) is 91.2 Å². The second-order valence-corrected chi connectivity index (χ2v) is 11.4. The fourth-order valence-electron chi connectivity index (χ4n) is 3.79. The van der Waals surface area contributed by atoms with Gasteiger partial charge in [-0.15, -0.1) is 0 Å². The molecule has 36 heavy (non-hydrogen) atoms. The van der Waals surface area contributed by atoms with Crippen LogP contribution >= 0.6 is 63.1 Å². The van der Waals surface area contributed by atoms with Gasteiger partial charge in [-0.3, -0.25) is 9.69 Å². The monoisotopic (exact) mass is 620 g/mol. The summed E-state index contributed by atoms with van der Waals surface area (Å²) in [7, 11) is 0. The van der Waals surface area contributed by atoms with E-state index in [2.05, 4.69) is 34.7 Å². The number of thioether (sulfide) groups is 1. The van der Waals surface area contributed by atoms with Gasteiger partial charge in [-0.1, -0.05) is 75.2 Å². The Balaban J connectivity index is 1.68. The van der Waals surface area contributed by atoms with Gasteiger partial charge in [0, 0.05) is 50.5 Å². The number of carbonyl (C=O) groups is 1. The summed E-state index contributed by atoms with van der Waals surface area (Å²) in [6.07, 6.45) is 1.84. The highest BCUT2D eigenvalue weighted by atomic mass is 79.9. The van der Waals surface area contributed by atoms with Crippen molar-refractivity contribution in [3.63, 3.8) is 0 Å². The Hall–Kier alpha value is -2.03. The van der Waals surface area contributed by atoms with Crippen LogP contribution in [0.3, 0.4) is 0 Å². The Kier molecular flexibility index (Phi) is 9.01. The van der Waals surface area contributed by atoms with Crippen molar-refractivity contribution < 1.29 is 9.53 Å². The number of rotatable bonds is 8. The molecule has 1 aliphatic rings. The molecule has 0 N–H and O–H groups in total. The van der Waals surface area contributed by atoms with Gasteiger partial charge < -0.3 is 9.64 Å². The second-order valence-electron chi connectivity index (χ2n) is 7.92. The molecule has 0 atom stereocenters. The van der Waals surface area contributed by atoms with Crippen LogP contribution in [0.4, 0.5) is 11.4 Å². The third-order valence-corrected chi connectivity index (χ3v) is 8.05. The van der Waals surface area contributed by atoms with Gasteiger partial charge in [-0.05, 0) is 62.4 Å². The molecular weight excluding hydrogens is 599 g/mol. The van der Waals surface area contributed by atoms with E-state index in [1.807, 2.05) is 54.6 Å². The molecule has 3 aromatic rings. The summed E-state index contributed by atoms with van der Waals surface area (Å²) in [6.45, 7) is 6.21. The third kappa shape index (κ3) is 6.09. The van der Waals surface area contributed by atoms with Gasteiger partial charge in [0.15, 0.2) is 4.32 Å². The number of carbonyl (C=O) groups excluding carboxylic acids is 1. The first-order chi connectivity index (χ1) is 17.3. The van der Waals surface area contributed by atoms with E-state index in [9.17, 15) is 4.79 Å². The molecule has 4 nitrogen and oxygen atoms in total. The van der Waals surface area contributed by atoms with E-state index in [-0.39, 0.29) is 12.5 Å². The lowest BCUT2D eigenvalue weighted by atomic mass is 10.1. The highest BCUT2D eigenvalue weighted by Crippen LogP contribution is 2.38. The topological polar surface area (TPSA) is 32.8 Å². The summed E-state index contributed by atoms with van der Waals surface area (Å²) >= 11 is 22.7. The molecule has 1 saturated heterocycles. The standard InChI is InChI=1S/C27H23BrCl2N2O2S2/c1-3-31(4-2)21-11-9-17(24(15-21)34-16-18-8-10-20(29)14-23(18)30)12-25-26(33)32(27(35)36-25)22-7-5-6-19(28)13-22/h5-15H,3-4,16H2,1-2H3/b25-12+. The number of anilines is 2. The Morgan fingerprint density at radius 3 is 2.56 bits per heavy atom.